The number of aliphatic imine (C=N–C) groups is 1. The largest absolute Gasteiger partial charge is 0.311 e. The van der Waals surface area contributed by atoms with E-state index in [1.807, 2.05) is 38.1 Å². The summed E-state index contributed by atoms with van der Waals surface area (Å²) in [7, 11) is 0. The summed E-state index contributed by atoms with van der Waals surface area (Å²) in [6.07, 6.45) is 0. The van der Waals surface area contributed by atoms with Crippen LogP contribution in [0.5, 0.6) is 0 Å². The minimum absolute atomic E-state index is 0.181. The highest BCUT2D eigenvalue weighted by Crippen LogP contribution is 2.32. The first-order valence-corrected chi connectivity index (χ1v) is 11.5. The molecular weight excluding hydrogens is 453 g/mol. The van der Waals surface area contributed by atoms with E-state index in [2.05, 4.69) is 4.99 Å². The van der Waals surface area contributed by atoms with Crippen LogP contribution in [-0.2, 0) is 9.59 Å². The van der Waals surface area contributed by atoms with Crippen molar-refractivity contribution in [3.63, 3.8) is 0 Å². The zero-order chi connectivity index (χ0) is 24.4. The van der Waals surface area contributed by atoms with Crippen LogP contribution in [0.1, 0.15) is 30.5 Å². The molecule has 0 saturated carbocycles. The van der Waals surface area contributed by atoms with Crippen LogP contribution in [0.4, 0.5) is 15.8 Å². The Bertz CT molecular complexity index is 1290. The van der Waals surface area contributed by atoms with E-state index < -0.39 is 11.9 Å². The smallest absolute Gasteiger partial charge is 0.252 e. The van der Waals surface area contributed by atoms with Crippen molar-refractivity contribution < 1.29 is 14.0 Å². The van der Waals surface area contributed by atoms with Gasteiger partial charge in [0.15, 0.2) is 0 Å². The molecule has 7 heteroatoms. The molecule has 3 aromatic carbocycles. The van der Waals surface area contributed by atoms with Crippen molar-refractivity contribution in [1.29, 1.82) is 0 Å². The average Bonchev–Trinajstić information content (AvgIpc) is 2.90. The van der Waals surface area contributed by atoms with Crippen LogP contribution in [0.15, 0.2) is 71.7 Å². The lowest BCUT2D eigenvalue weighted by Gasteiger charge is -2.28. The Morgan fingerprint density at radius 1 is 1.09 bits per heavy atom. The minimum atomic E-state index is -0.817. The van der Waals surface area contributed by atoms with Gasteiger partial charge in [0.25, 0.3) is 5.91 Å². The normalized spacial score (nSPS) is 15.4. The number of amides is 2. The number of benzodiazepines with no additional fused rings is 1. The average molecular weight is 478 g/mol. The number of nitrogens with zero attached hydrogens (tertiary/aromatic N) is 3. The quantitative estimate of drug-likeness (QED) is 0.493. The molecule has 0 aromatic heterocycles. The van der Waals surface area contributed by atoms with Crippen LogP contribution in [0.2, 0.25) is 5.02 Å². The standard InChI is InChI=1S/C27H25ClFN3O2/c1-4-31(20-9-7-8-17(2)14-20)25(33)16-32-24-13-12-19(28)15-22(24)26(30-18(3)27(32)34)21-10-5-6-11-23(21)29/h5-15,18H,4,16H2,1-3H3. The number of hydrogen-bond donors (Lipinski definition) is 0. The molecule has 2 amide bonds. The molecule has 5 nitrogen and oxygen atoms in total. The molecule has 0 saturated heterocycles. The fraction of sp³-hybridized carbons (Fsp3) is 0.222. The molecular formula is C27H25ClFN3O2. The van der Waals surface area contributed by atoms with Gasteiger partial charge in [-0.1, -0.05) is 35.9 Å². The van der Waals surface area contributed by atoms with Crippen molar-refractivity contribution in [2.75, 3.05) is 22.9 Å². The van der Waals surface area contributed by atoms with Gasteiger partial charge in [-0.15, -0.1) is 0 Å². The van der Waals surface area contributed by atoms with E-state index in [4.69, 9.17) is 11.6 Å². The summed E-state index contributed by atoms with van der Waals surface area (Å²) in [5.74, 6) is -1.03. The Morgan fingerprint density at radius 2 is 1.85 bits per heavy atom. The summed E-state index contributed by atoms with van der Waals surface area (Å²) in [5, 5.41) is 0.422. The lowest BCUT2D eigenvalue weighted by atomic mass is 9.99. The maximum Gasteiger partial charge on any atom is 0.252 e. The Morgan fingerprint density at radius 3 is 2.56 bits per heavy atom. The summed E-state index contributed by atoms with van der Waals surface area (Å²) in [6.45, 7) is 5.76. The zero-order valence-electron chi connectivity index (χ0n) is 19.3. The number of anilines is 2. The van der Waals surface area contributed by atoms with E-state index in [0.717, 1.165) is 11.3 Å². The van der Waals surface area contributed by atoms with Crippen molar-refractivity contribution in [2.24, 2.45) is 4.99 Å². The van der Waals surface area contributed by atoms with Gasteiger partial charge in [-0.2, -0.15) is 0 Å². The second-order valence-corrected chi connectivity index (χ2v) is 8.63. The molecule has 1 heterocycles. The topological polar surface area (TPSA) is 53.0 Å². The van der Waals surface area contributed by atoms with E-state index in [1.165, 1.54) is 11.0 Å². The fourth-order valence-electron chi connectivity index (χ4n) is 4.15. The molecule has 174 valence electrons. The third-order valence-electron chi connectivity index (χ3n) is 5.80. The lowest BCUT2D eigenvalue weighted by Crippen LogP contribution is -2.45. The summed E-state index contributed by atoms with van der Waals surface area (Å²) < 4.78 is 14.7. The molecule has 34 heavy (non-hydrogen) atoms. The maximum atomic E-state index is 14.7. The third kappa shape index (κ3) is 4.59. The summed E-state index contributed by atoms with van der Waals surface area (Å²) in [6, 6.07) is 18.1. The van der Waals surface area contributed by atoms with Gasteiger partial charge in [0, 0.05) is 28.4 Å². The van der Waals surface area contributed by atoms with Gasteiger partial charge in [-0.3, -0.25) is 14.6 Å². The SMILES string of the molecule is CCN(C(=O)CN1C(=O)C(C)N=C(c2ccccc2F)c2cc(Cl)ccc21)c1cccc(C)c1. The molecule has 3 aromatic rings. The Kier molecular flexibility index (Phi) is 6.80. The second-order valence-electron chi connectivity index (χ2n) is 8.20. The van der Waals surface area contributed by atoms with Crippen molar-refractivity contribution in [2.45, 2.75) is 26.8 Å². The molecule has 1 atom stereocenters. The molecule has 0 fully saturated rings. The first-order valence-electron chi connectivity index (χ1n) is 11.1. The van der Waals surface area contributed by atoms with Crippen molar-refractivity contribution >= 4 is 40.5 Å². The van der Waals surface area contributed by atoms with Crippen molar-refractivity contribution in [3.8, 4) is 0 Å². The molecule has 0 N–H and O–H groups in total. The predicted octanol–water partition coefficient (Wildman–Crippen LogP) is 5.41. The maximum absolute atomic E-state index is 14.7. The molecule has 0 aliphatic carbocycles. The Labute approximate surface area is 203 Å². The molecule has 0 spiro atoms. The Hall–Kier alpha value is -3.51. The summed E-state index contributed by atoms with van der Waals surface area (Å²) in [5.41, 5.74) is 3.37. The van der Waals surface area contributed by atoms with E-state index in [9.17, 15) is 14.0 Å². The van der Waals surface area contributed by atoms with Gasteiger partial charge in [-0.25, -0.2) is 4.39 Å². The van der Waals surface area contributed by atoms with Crippen LogP contribution >= 0.6 is 11.6 Å². The molecule has 1 aliphatic rings. The van der Waals surface area contributed by atoms with Gasteiger partial charge < -0.3 is 9.80 Å². The van der Waals surface area contributed by atoms with Gasteiger partial charge >= 0.3 is 0 Å². The highest BCUT2D eigenvalue weighted by molar-refractivity contribution is 6.32. The van der Waals surface area contributed by atoms with Gasteiger partial charge in [-0.05, 0) is 68.8 Å². The number of halogens is 2. The summed E-state index contributed by atoms with van der Waals surface area (Å²) in [4.78, 5) is 34.5. The number of carbonyl (C=O) groups excluding carboxylic acids is 2. The molecule has 1 aliphatic heterocycles. The van der Waals surface area contributed by atoms with Crippen LogP contribution in [0.25, 0.3) is 0 Å². The molecule has 1 unspecified atom stereocenters. The number of benzene rings is 3. The predicted molar refractivity (Wildman–Crippen MR) is 135 cm³/mol. The number of carbonyl (C=O) groups is 2. The van der Waals surface area contributed by atoms with Gasteiger partial charge in [0.1, 0.15) is 18.4 Å². The Balaban J connectivity index is 1.78. The fourth-order valence-corrected chi connectivity index (χ4v) is 4.32. The molecule has 0 radical (unpaired) electrons. The molecule has 0 bridgehead atoms. The highest BCUT2D eigenvalue weighted by atomic mass is 35.5. The number of likely N-dealkylation sites (N-methyl/N-ethyl adjacent to an activating group) is 1. The van der Waals surface area contributed by atoms with Crippen LogP contribution < -0.4 is 9.80 Å². The second kappa shape index (κ2) is 9.77. The lowest BCUT2D eigenvalue weighted by molar-refractivity contribution is -0.123. The van der Waals surface area contributed by atoms with E-state index >= 15 is 0 Å². The van der Waals surface area contributed by atoms with Crippen molar-refractivity contribution in [1.82, 2.24) is 0 Å². The van der Waals surface area contributed by atoms with E-state index in [0.29, 0.717) is 28.5 Å². The number of rotatable bonds is 5. The van der Waals surface area contributed by atoms with E-state index in [-0.39, 0.29) is 23.9 Å². The van der Waals surface area contributed by atoms with Gasteiger partial charge in [0.2, 0.25) is 5.91 Å². The van der Waals surface area contributed by atoms with Crippen LogP contribution in [0, 0.1) is 12.7 Å². The zero-order valence-corrected chi connectivity index (χ0v) is 20.0. The minimum Gasteiger partial charge on any atom is -0.311 e. The molecule has 4 rings (SSSR count). The summed E-state index contributed by atoms with van der Waals surface area (Å²) >= 11 is 6.29. The van der Waals surface area contributed by atoms with Crippen LogP contribution in [0.3, 0.4) is 0 Å². The first-order chi connectivity index (χ1) is 16.3. The first kappa shape index (κ1) is 23.6. The van der Waals surface area contributed by atoms with Crippen LogP contribution in [-0.4, -0.2) is 36.7 Å². The monoisotopic (exact) mass is 477 g/mol. The van der Waals surface area contributed by atoms with Gasteiger partial charge in [0.05, 0.1) is 11.4 Å². The number of fused-ring (bicyclic) bond motifs is 1. The van der Waals surface area contributed by atoms with E-state index in [1.54, 1.807) is 48.2 Å². The number of aryl methyl sites for hydroxylation is 1. The third-order valence-corrected chi connectivity index (χ3v) is 6.04. The number of hydrogen-bond acceptors (Lipinski definition) is 3. The van der Waals surface area contributed by atoms with Crippen molar-refractivity contribution in [3.05, 3.63) is 94.3 Å². The highest BCUT2D eigenvalue weighted by Gasteiger charge is 2.32.